The second-order valence-corrected chi connectivity index (χ2v) is 5.52. The van der Waals surface area contributed by atoms with Gasteiger partial charge in [-0.15, -0.1) is 0 Å². The number of nitrogen functional groups attached to an aromatic ring is 1. The molecule has 4 heteroatoms. The minimum atomic E-state index is -0.0901. The van der Waals surface area contributed by atoms with Crippen molar-refractivity contribution in [3.8, 4) is 0 Å². The number of nitrogens with one attached hydrogen (secondary N) is 1. The molecule has 0 unspecified atom stereocenters. The lowest BCUT2D eigenvalue weighted by Gasteiger charge is -2.22. The molecule has 1 aromatic carbocycles. The summed E-state index contributed by atoms with van der Waals surface area (Å²) in [5.41, 5.74) is 7.97. The summed E-state index contributed by atoms with van der Waals surface area (Å²) in [6.07, 6.45) is 6.55. The fraction of sp³-hybridized carbons (Fsp3) is 0.562. The Morgan fingerprint density at radius 3 is 2.75 bits per heavy atom. The highest BCUT2D eigenvalue weighted by molar-refractivity contribution is 5.95. The van der Waals surface area contributed by atoms with E-state index in [1.165, 1.54) is 19.3 Å². The van der Waals surface area contributed by atoms with Crippen molar-refractivity contribution in [2.75, 3.05) is 18.9 Å². The number of ether oxygens (including phenoxy) is 1. The number of hydrogen-bond donors (Lipinski definition) is 2. The Bertz CT molecular complexity index is 434. The van der Waals surface area contributed by atoms with Gasteiger partial charge in [0.2, 0.25) is 0 Å². The first-order chi connectivity index (χ1) is 9.65. The summed E-state index contributed by atoms with van der Waals surface area (Å²) in [5.74, 6) is -0.0901. The number of nitrogens with two attached hydrogens (primary N) is 1. The van der Waals surface area contributed by atoms with Gasteiger partial charge in [0.25, 0.3) is 5.91 Å². The molecule has 2 rings (SSSR count). The standard InChI is InChI=1S/C16H24N2O2/c1-12-9-13(11-14(17)10-12)16(19)18-7-8-20-15-5-3-2-4-6-15/h9-11,15H,2-8,17H2,1H3,(H,18,19). The van der Waals surface area contributed by atoms with E-state index in [-0.39, 0.29) is 5.91 Å². The number of hydrogen-bond acceptors (Lipinski definition) is 3. The van der Waals surface area contributed by atoms with Crippen molar-refractivity contribution in [2.45, 2.75) is 45.1 Å². The van der Waals surface area contributed by atoms with Crippen LogP contribution < -0.4 is 11.1 Å². The summed E-state index contributed by atoms with van der Waals surface area (Å²) >= 11 is 0. The van der Waals surface area contributed by atoms with Crippen LogP contribution in [0.1, 0.15) is 48.0 Å². The van der Waals surface area contributed by atoms with Gasteiger partial charge in [-0.05, 0) is 43.5 Å². The summed E-state index contributed by atoms with van der Waals surface area (Å²) in [7, 11) is 0. The van der Waals surface area contributed by atoms with Gasteiger partial charge in [0.05, 0.1) is 12.7 Å². The van der Waals surface area contributed by atoms with E-state index in [0.717, 1.165) is 18.4 Å². The Morgan fingerprint density at radius 1 is 1.30 bits per heavy atom. The first kappa shape index (κ1) is 14.9. The average Bonchev–Trinajstić information content (AvgIpc) is 2.43. The number of aryl methyl sites for hydroxylation is 1. The third kappa shape index (κ3) is 4.53. The van der Waals surface area contributed by atoms with Crippen molar-refractivity contribution in [2.24, 2.45) is 0 Å². The largest absolute Gasteiger partial charge is 0.399 e. The molecule has 1 aromatic rings. The number of amides is 1. The molecule has 4 nitrogen and oxygen atoms in total. The zero-order valence-corrected chi connectivity index (χ0v) is 12.2. The number of carbonyl (C=O) groups excluding carboxylic acids is 1. The Hall–Kier alpha value is -1.55. The van der Waals surface area contributed by atoms with E-state index in [9.17, 15) is 4.79 Å². The fourth-order valence-electron chi connectivity index (χ4n) is 2.67. The third-order valence-corrected chi connectivity index (χ3v) is 3.66. The molecule has 0 atom stereocenters. The normalized spacial score (nSPS) is 16.1. The van der Waals surface area contributed by atoms with Gasteiger partial charge in [-0.3, -0.25) is 4.79 Å². The second-order valence-electron chi connectivity index (χ2n) is 5.52. The van der Waals surface area contributed by atoms with Crippen LogP contribution in [0.2, 0.25) is 0 Å². The molecule has 1 aliphatic carbocycles. The number of anilines is 1. The molecule has 20 heavy (non-hydrogen) atoms. The molecule has 0 spiro atoms. The number of benzene rings is 1. The molecule has 1 aliphatic rings. The SMILES string of the molecule is Cc1cc(N)cc(C(=O)NCCOC2CCCCC2)c1. The maximum atomic E-state index is 12.0. The molecule has 0 bridgehead atoms. The van der Waals surface area contributed by atoms with Gasteiger partial charge in [-0.2, -0.15) is 0 Å². The third-order valence-electron chi connectivity index (χ3n) is 3.66. The monoisotopic (exact) mass is 276 g/mol. The lowest BCUT2D eigenvalue weighted by Crippen LogP contribution is -2.29. The van der Waals surface area contributed by atoms with Crippen molar-refractivity contribution in [3.63, 3.8) is 0 Å². The maximum Gasteiger partial charge on any atom is 0.251 e. The van der Waals surface area contributed by atoms with Crippen LogP contribution in [0.15, 0.2) is 18.2 Å². The predicted molar refractivity (Wildman–Crippen MR) is 80.7 cm³/mol. The summed E-state index contributed by atoms with van der Waals surface area (Å²) in [6, 6.07) is 5.39. The smallest absolute Gasteiger partial charge is 0.251 e. The van der Waals surface area contributed by atoms with Gasteiger partial charge < -0.3 is 15.8 Å². The molecule has 1 amide bonds. The van der Waals surface area contributed by atoms with Crippen LogP contribution in [0.5, 0.6) is 0 Å². The highest BCUT2D eigenvalue weighted by Gasteiger charge is 2.13. The van der Waals surface area contributed by atoms with E-state index in [2.05, 4.69) is 5.32 Å². The quantitative estimate of drug-likeness (QED) is 0.642. The minimum Gasteiger partial charge on any atom is -0.399 e. The molecular formula is C16H24N2O2. The van der Waals surface area contributed by atoms with Crippen molar-refractivity contribution in [1.82, 2.24) is 5.32 Å². The zero-order chi connectivity index (χ0) is 14.4. The molecule has 110 valence electrons. The van der Waals surface area contributed by atoms with Gasteiger partial charge in [-0.1, -0.05) is 19.3 Å². The van der Waals surface area contributed by atoms with Crippen molar-refractivity contribution in [1.29, 1.82) is 0 Å². The molecule has 0 aromatic heterocycles. The van der Waals surface area contributed by atoms with Gasteiger partial charge >= 0.3 is 0 Å². The van der Waals surface area contributed by atoms with Gasteiger partial charge in [0.1, 0.15) is 0 Å². The van der Waals surface area contributed by atoms with Crippen LogP contribution in [-0.2, 0) is 4.74 Å². The van der Waals surface area contributed by atoms with E-state index in [0.29, 0.717) is 30.5 Å². The van der Waals surface area contributed by atoms with Crippen molar-refractivity contribution < 1.29 is 9.53 Å². The number of carbonyl (C=O) groups is 1. The Labute approximate surface area is 120 Å². The van der Waals surface area contributed by atoms with Crippen LogP contribution in [0.25, 0.3) is 0 Å². The van der Waals surface area contributed by atoms with E-state index in [4.69, 9.17) is 10.5 Å². The molecule has 0 heterocycles. The Kier molecular flexibility index (Phi) is 5.41. The molecule has 0 saturated heterocycles. The fourth-order valence-corrected chi connectivity index (χ4v) is 2.67. The maximum absolute atomic E-state index is 12.0. The van der Waals surface area contributed by atoms with E-state index < -0.39 is 0 Å². The molecular weight excluding hydrogens is 252 g/mol. The van der Waals surface area contributed by atoms with E-state index in [1.807, 2.05) is 19.1 Å². The lowest BCUT2D eigenvalue weighted by molar-refractivity contribution is 0.0299. The first-order valence-corrected chi connectivity index (χ1v) is 7.42. The predicted octanol–water partition coefficient (Wildman–Crippen LogP) is 2.66. The van der Waals surface area contributed by atoms with Crippen LogP contribution in [0, 0.1) is 6.92 Å². The van der Waals surface area contributed by atoms with Crippen LogP contribution in [-0.4, -0.2) is 25.2 Å². The molecule has 1 saturated carbocycles. The van der Waals surface area contributed by atoms with Gasteiger partial charge in [0.15, 0.2) is 0 Å². The first-order valence-electron chi connectivity index (χ1n) is 7.42. The van der Waals surface area contributed by atoms with Crippen molar-refractivity contribution in [3.05, 3.63) is 29.3 Å². The highest BCUT2D eigenvalue weighted by Crippen LogP contribution is 2.19. The average molecular weight is 276 g/mol. The van der Waals surface area contributed by atoms with E-state index >= 15 is 0 Å². The Balaban J connectivity index is 1.71. The molecule has 0 aliphatic heterocycles. The molecule has 1 fully saturated rings. The van der Waals surface area contributed by atoms with Crippen LogP contribution in [0.4, 0.5) is 5.69 Å². The van der Waals surface area contributed by atoms with E-state index in [1.54, 1.807) is 6.07 Å². The zero-order valence-electron chi connectivity index (χ0n) is 12.2. The molecule has 3 N–H and O–H groups in total. The Morgan fingerprint density at radius 2 is 2.05 bits per heavy atom. The van der Waals surface area contributed by atoms with Crippen molar-refractivity contribution >= 4 is 11.6 Å². The summed E-state index contributed by atoms with van der Waals surface area (Å²) in [5, 5.41) is 2.87. The summed E-state index contributed by atoms with van der Waals surface area (Å²) < 4.78 is 5.78. The van der Waals surface area contributed by atoms with Gasteiger partial charge in [0, 0.05) is 17.8 Å². The van der Waals surface area contributed by atoms with Crippen LogP contribution in [0.3, 0.4) is 0 Å². The summed E-state index contributed by atoms with van der Waals surface area (Å²) in [6.45, 7) is 3.06. The molecule has 0 radical (unpaired) electrons. The summed E-state index contributed by atoms with van der Waals surface area (Å²) in [4.78, 5) is 12.0. The van der Waals surface area contributed by atoms with Crippen LogP contribution >= 0.6 is 0 Å². The van der Waals surface area contributed by atoms with Gasteiger partial charge in [-0.25, -0.2) is 0 Å². The number of rotatable bonds is 5. The second kappa shape index (κ2) is 7.29. The minimum absolute atomic E-state index is 0.0901. The highest BCUT2D eigenvalue weighted by atomic mass is 16.5. The topological polar surface area (TPSA) is 64.4 Å². The lowest BCUT2D eigenvalue weighted by atomic mass is 9.98.